The highest BCUT2D eigenvalue weighted by Gasteiger charge is 2.47. The summed E-state index contributed by atoms with van der Waals surface area (Å²) in [6, 6.07) is 36.0. The largest absolute Gasteiger partial charge is 0.396 e. The van der Waals surface area contributed by atoms with Crippen LogP contribution in [0.3, 0.4) is 0 Å². The molecule has 0 aromatic heterocycles. The van der Waals surface area contributed by atoms with Crippen LogP contribution in [0.15, 0.2) is 97.1 Å². The Morgan fingerprint density at radius 1 is 0.405 bits per heavy atom. The molecule has 0 amide bonds. The summed E-state index contributed by atoms with van der Waals surface area (Å²) >= 11 is 0. The van der Waals surface area contributed by atoms with Crippen molar-refractivity contribution in [3.8, 4) is 11.1 Å². The maximum Gasteiger partial charge on any atom is 0.0718 e. The SMILES string of the molecule is OCCCCCc1ccccc1C1(c2ccccc2CCCCCO)c2ccccc2-c2ccccc21. The molecule has 0 fully saturated rings. The Kier molecular flexibility index (Phi) is 8.18. The monoisotopic (exact) mass is 490 g/mol. The van der Waals surface area contributed by atoms with Gasteiger partial charge in [0, 0.05) is 13.2 Å². The molecule has 0 spiro atoms. The van der Waals surface area contributed by atoms with Gasteiger partial charge in [0.25, 0.3) is 0 Å². The van der Waals surface area contributed by atoms with E-state index in [9.17, 15) is 10.2 Å². The zero-order valence-electron chi connectivity index (χ0n) is 21.7. The quantitative estimate of drug-likeness (QED) is 0.178. The molecule has 5 rings (SSSR count). The van der Waals surface area contributed by atoms with Gasteiger partial charge in [-0.05, 0) is 83.0 Å². The number of aliphatic hydroxyl groups excluding tert-OH is 2. The number of benzene rings is 4. The molecule has 190 valence electrons. The average molecular weight is 491 g/mol. The summed E-state index contributed by atoms with van der Waals surface area (Å²) in [4.78, 5) is 0. The summed E-state index contributed by atoms with van der Waals surface area (Å²) in [5, 5.41) is 18.6. The van der Waals surface area contributed by atoms with E-state index in [-0.39, 0.29) is 18.6 Å². The number of aryl methyl sites for hydroxylation is 2. The Balaban J connectivity index is 1.75. The third-order valence-corrected chi connectivity index (χ3v) is 8.00. The lowest BCUT2D eigenvalue weighted by molar-refractivity contribution is 0.283. The minimum absolute atomic E-state index is 0.260. The van der Waals surface area contributed by atoms with Crippen LogP contribution >= 0.6 is 0 Å². The van der Waals surface area contributed by atoms with Crippen molar-refractivity contribution < 1.29 is 10.2 Å². The molecule has 0 heterocycles. The van der Waals surface area contributed by atoms with Gasteiger partial charge in [-0.2, -0.15) is 0 Å². The van der Waals surface area contributed by atoms with Gasteiger partial charge in [0.15, 0.2) is 0 Å². The van der Waals surface area contributed by atoms with E-state index in [2.05, 4.69) is 97.1 Å². The highest BCUT2D eigenvalue weighted by Crippen LogP contribution is 2.57. The molecule has 37 heavy (non-hydrogen) atoms. The molecule has 0 radical (unpaired) electrons. The van der Waals surface area contributed by atoms with Crippen LogP contribution < -0.4 is 0 Å². The second kappa shape index (κ2) is 11.9. The summed E-state index contributed by atoms with van der Waals surface area (Å²) < 4.78 is 0. The summed E-state index contributed by atoms with van der Waals surface area (Å²) in [5.74, 6) is 0. The first-order chi connectivity index (χ1) is 18.3. The molecule has 0 saturated carbocycles. The van der Waals surface area contributed by atoms with Crippen LogP contribution in [0, 0.1) is 0 Å². The van der Waals surface area contributed by atoms with Crippen LogP contribution in [-0.4, -0.2) is 23.4 Å². The molecule has 2 N–H and O–H groups in total. The minimum Gasteiger partial charge on any atom is -0.396 e. The van der Waals surface area contributed by atoms with E-state index in [0.29, 0.717) is 0 Å². The van der Waals surface area contributed by atoms with E-state index in [1.165, 1.54) is 44.5 Å². The fraction of sp³-hybridized carbons (Fsp3) is 0.314. The fourth-order valence-electron chi connectivity index (χ4n) is 6.38. The maximum absolute atomic E-state index is 9.32. The van der Waals surface area contributed by atoms with Gasteiger partial charge in [-0.1, -0.05) is 110 Å². The van der Waals surface area contributed by atoms with Gasteiger partial charge in [0.05, 0.1) is 5.41 Å². The molecule has 2 heteroatoms. The predicted molar refractivity (Wildman–Crippen MR) is 153 cm³/mol. The van der Waals surface area contributed by atoms with Crippen LogP contribution in [0.4, 0.5) is 0 Å². The van der Waals surface area contributed by atoms with Crippen molar-refractivity contribution in [3.05, 3.63) is 130 Å². The van der Waals surface area contributed by atoms with Gasteiger partial charge >= 0.3 is 0 Å². The standard InChI is InChI=1S/C35H38O2/c36-25-13-1-3-15-27-17-5-9-21-31(27)35(32-22-10-6-18-28(32)16-4-2-14-26-37)33-23-11-7-19-29(33)30-20-8-12-24-34(30)35/h5-12,17-24,36-37H,1-4,13-16,25-26H2. The molecule has 1 aliphatic rings. The first-order valence-corrected chi connectivity index (χ1v) is 13.9. The van der Waals surface area contributed by atoms with E-state index < -0.39 is 0 Å². The van der Waals surface area contributed by atoms with Gasteiger partial charge in [-0.25, -0.2) is 0 Å². The maximum atomic E-state index is 9.32. The lowest BCUT2D eigenvalue weighted by Crippen LogP contribution is -2.31. The summed E-state index contributed by atoms with van der Waals surface area (Å²) in [5.41, 5.74) is 10.5. The van der Waals surface area contributed by atoms with E-state index in [1.54, 1.807) is 0 Å². The molecule has 0 saturated heterocycles. The van der Waals surface area contributed by atoms with E-state index in [0.717, 1.165) is 51.4 Å². The number of hydrogen-bond acceptors (Lipinski definition) is 2. The number of fused-ring (bicyclic) bond motifs is 3. The molecule has 0 bridgehead atoms. The van der Waals surface area contributed by atoms with Crippen molar-refractivity contribution in [1.82, 2.24) is 0 Å². The van der Waals surface area contributed by atoms with Crippen LogP contribution in [0.1, 0.15) is 71.9 Å². The molecule has 4 aromatic rings. The molecule has 4 aromatic carbocycles. The Labute approximate surface area is 221 Å². The van der Waals surface area contributed by atoms with E-state index >= 15 is 0 Å². The average Bonchev–Trinajstić information content (AvgIpc) is 3.25. The molecule has 0 atom stereocenters. The molecular weight excluding hydrogens is 452 g/mol. The lowest BCUT2D eigenvalue weighted by Gasteiger charge is -2.37. The summed E-state index contributed by atoms with van der Waals surface area (Å²) in [6.07, 6.45) is 7.92. The Morgan fingerprint density at radius 3 is 1.22 bits per heavy atom. The van der Waals surface area contributed by atoms with Crippen LogP contribution in [0.5, 0.6) is 0 Å². The summed E-state index contributed by atoms with van der Waals surface area (Å²) in [7, 11) is 0. The van der Waals surface area contributed by atoms with Crippen LogP contribution in [-0.2, 0) is 18.3 Å². The Morgan fingerprint density at radius 2 is 0.784 bits per heavy atom. The van der Waals surface area contributed by atoms with E-state index in [1.807, 2.05) is 0 Å². The molecule has 1 aliphatic carbocycles. The Hall–Kier alpha value is -3.20. The third kappa shape index (κ3) is 4.77. The van der Waals surface area contributed by atoms with Gasteiger partial charge in [-0.3, -0.25) is 0 Å². The second-order valence-electron chi connectivity index (χ2n) is 10.2. The van der Waals surface area contributed by atoms with Crippen molar-refractivity contribution in [1.29, 1.82) is 0 Å². The highest BCUT2D eigenvalue weighted by molar-refractivity contribution is 5.86. The summed E-state index contributed by atoms with van der Waals surface area (Å²) in [6.45, 7) is 0.520. The van der Waals surface area contributed by atoms with Gasteiger partial charge in [0.1, 0.15) is 0 Å². The Bertz CT molecular complexity index is 1220. The fourth-order valence-corrected chi connectivity index (χ4v) is 6.38. The van der Waals surface area contributed by atoms with Crippen molar-refractivity contribution in [2.45, 2.75) is 56.8 Å². The zero-order chi connectivity index (χ0) is 25.5. The van der Waals surface area contributed by atoms with E-state index in [4.69, 9.17) is 0 Å². The predicted octanol–water partition coefficient (Wildman–Crippen LogP) is 7.46. The zero-order valence-corrected chi connectivity index (χ0v) is 21.7. The molecule has 0 aliphatic heterocycles. The highest BCUT2D eigenvalue weighted by atomic mass is 16.3. The van der Waals surface area contributed by atoms with Crippen molar-refractivity contribution in [3.63, 3.8) is 0 Å². The third-order valence-electron chi connectivity index (χ3n) is 8.00. The number of hydrogen-bond donors (Lipinski definition) is 2. The number of aliphatic hydroxyl groups is 2. The number of unbranched alkanes of at least 4 members (excludes halogenated alkanes) is 4. The first-order valence-electron chi connectivity index (χ1n) is 13.9. The smallest absolute Gasteiger partial charge is 0.0718 e. The van der Waals surface area contributed by atoms with Crippen LogP contribution in [0.25, 0.3) is 11.1 Å². The minimum atomic E-state index is -0.381. The molecule has 2 nitrogen and oxygen atoms in total. The number of rotatable bonds is 12. The lowest BCUT2D eigenvalue weighted by atomic mass is 9.64. The topological polar surface area (TPSA) is 40.5 Å². The van der Waals surface area contributed by atoms with Crippen molar-refractivity contribution in [2.75, 3.05) is 13.2 Å². The van der Waals surface area contributed by atoms with Gasteiger partial charge < -0.3 is 10.2 Å². The van der Waals surface area contributed by atoms with Gasteiger partial charge in [-0.15, -0.1) is 0 Å². The molecular formula is C35H38O2. The van der Waals surface area contributed by atoms with Crippen molar-refractivity contribution in [2.24, 2.45) is 0 Å². The van der Waals surface area contributed by atoms with Crippen LogP contribution in [0.2, 0.25) is 0 Å². The van der Waals surface area contributed by atoms with Crippen molar-refractivity contribution >= 4 is 0 Å². The molecule has 0 unspecified atom stereocenters. The normalized spacial score (nSPS) is 13.4. The first kappa shape index (κ1) is 25.4. The van der Waals surface area contributed by atoms with Gasteiger partial charge in [0.2, 0.25) is 0 Å². The second-order valence-corrected chi connectivity index (χ2v) is 10.2.